The zero-order valence-corrected chi connectivity index (χ0v) is 17.8. The number of nitrogens with two attached hydrogens (primary N) is 1. The highest BCUT2D eigenvalue weighted by Gasteiger charge is 2.37. The maximum absolute atomic E-state index is 12.7. The zero-order chi connectivity index (χ0) is 20.5. The maximum atomic E-state index is 12.7. The molecular weight excluding hydrogens is 382 g/mol. The van der Waals surface area contributed by atoms with Crippen molar-refractivity contribution in [1.82, 2.24) is 10.2 Å². The summed E-state index contributed by atoms with van der Waals surface area (Å²) in [5.74, 6) is 0.725. The molecule has 3 N–H and O–H groups in total. The molecule has 1 fully saturated rings. The Labute approximate surface area is 179 Å². The van der Waals surface area contributed by atoms with Gasteiger partial charge in [0.2, 0.25) is 5.91 Å². The minimum atomic E-state index is -0.307. The maximum Gasteiger partial charge on any atom is 0.220 e. The van der Waals surface area contributed by atoms with E-state index in [0.29, 0.717) is 18.8 Å². The van der Waals surface area contributed by atoms with Gasteiger partial charge in [0.15, 0.2) is 0 Å². The van der Waals surface area contributed by atoms with Crippen LogP contribution in [-0.4, -0.2) is 29.8 Å². The van der Waals surface area contributed by atoms with Gasteiger partial charge in [0.1, 0.15) is 0 Å². The lowest BCUT2D eigenvalue weighted by Crippen LogP contribution is -2.52. The van der Waals surface area contributed by atoms with Crippen LogP contribution in [0.4, 0.5) is 0 Å². The predicted molar refractivity (Wildman–Crippen MR) is 120 cm³/mol. The van der Waals surface area contributed by atoms with E-state index in [4.69, 9.17) is 17.3 Å². The third-order valence-electron chi connectivity index (χ3n) is 5.87. The van der Waals surface area contributed by atoms with E-state index in [1.807, 2.05) is 0 Å². The topological polar surface area (TPSA) is 58.4 Å². The summed E-state index contributed by atoms with van der Waals surface area (Å²) >= 11 is 5.76. The molecule has 29 heavy (non-hydrogen) atoms. The number of hydrogen-bond donors (Lipinski definition) is 2. The van der Waals surface area contributed by atoms with Crippen LogP contribution < -0.4 is 11.1 Å². The molecule has 1 aliphatic rings. The van der Waals surface area contributed by atoms with Crippen molar-refractivity contribution < 1.29 is 4.79 Å². The molecule has 5 heteroatoms. The van der Waals surface area contributed by atoms with Gasteiger partial charge in [-0.05, 0) is 42.4 Å². The van der Waals surface area contributed by atoms with Crippen molar-refractivity contribution in [3.05, 3.63) is 71.3 Å². The summed E-state index contributed by atoms with van der Waals surface area (Å²) in [5.41, 5.74) is 9.08. The summed E-state index contributed by atoms with van der Waals surface area (Å²) in [7, 11) is 0. The van der Waals surface area contributed by atoms with Crippen LogP contribution in [0.5, 0.6) is 0 Å². The van der Waals surface area contributed by atoms with E-state index >= 15 is 0 Å². The van der Waals surface area contributed by atoms with E-state index in [9.17, 15) is 4.79 Å². The number of unbranched alkanes of at least 4 members (excludes halogenated alkanes) is 1. The summed E-state index contributed by atoms with van der Waals surface area (Å²) in [6, 6.07) is 19.0. The summed E-state index contributed by atoms with van der Waals surface area (Å²) < 4.78 is 0. The van der Waals surface area contributed by atoms with Crippen LogP contribution in [-0.2, 0) is 23.4 Å². The molecule has 0 unspecified atom stereocenters. The van der Waals surface area contributed by atoms with Crippen molar-refractivity contribution in [2.45, 2.75) is 50.7 Å². The van der Waals surface area contributed by atoms with Crippen molar-refractivity contribution in [2.75, 3.05) is 19.0 Å². The number of carbonyl (C=O) groups is 1. The van der Waals surface area contributed by atoms with E-state index in [1.54, 1.807) is 0 Å². The van der Waals surface area contributed by atoms with Crippen LogP contribution in [0.1, 0.15) is 48.8 Å². The molecule has 0 saturated carbocycles. The number of rotatable bonds is 9. The average molecular weight is 414 g/mol. The van der Waals surface area contributed by atoms with Crippen LogP contribution >= 0.6 is 11.6 Å². The lowest BCUT2D eigenvalue weighted by Gasteiger charge is -2.43. The second-order valence-corrected chi connectivity index (χ2v) is 8.32. The number of alkyl halides is 1. The Hall–Kier alpha value is -1.88. The molecule has 1 aliphatic heterocycles. The third kappa shape index (κ3) is 6.05. The van der Waals surface area contributed by atoms with Crippen LogP contribution in [0, 0.1) is 0 Å². The first kappa shape index (κ1) is 21.8. The quantitative estimate of drug-likeness (QED) is 0.479. The molecule has 0 bridgehead atoms. The second-order valence-electron chi connectivity index (χ2n) is 7.94. The largest absolute Gasteiger partial charge is 0.346 e. The van der Waals surface area contributed by atoms with Gasteiger partial charge in [0.25, 0.3) is 0 Å². The lowest BCUT2D eigenvalue weighted by atomic mass is 9.80. The molecule has 1 amide bonds. The predicted octanol–water partition coefficient (Wildman–Crippen LogP) is 4.16. The summed E-state index contributed by atoms with van der Waals surface area (Å²) in [4.78, 5) is 15.1. The molecule has 4 nitrogen and oxygen atoms in total. The van der Waals surface area contributed by atoms with Gasteiger partial charge in [-0.3, -0.25) is 9.69 Å². The Bertz CT molecular complexity index is 755. The summed E-state index contributed by atoms with van der Waals surface area (Å²) in [6.07, 6.45) is 4.05. The Balaban J connectivity index is 1.70. The fraction of sp³-hybridized carbons (Fsp3) is 0.458. The van der Waals surface area contributed by atoms with Gasteiger partial charge < -0.3 is 11.1 Å². The number of nitrogens with zero attached hydrogens (tertiary/aromatic N) is 1. The van der Waals surface area contributed by atoms with E-state index in [2.05, 4.69) is 64.8 Å². The molecule has 3 rings (SSSR count). The minimum Gasteiger partial charge on any atom is -0.346 e. The number of amides is 1. The Morgan fingerprint density at radius 1 is 1.00 bits per heavy atom. The highest BCUT2D eigenvalue weighted by Crippen LogP contribution is 2.34. The number of nitrogens with one attached hydrogen (secondary N) is 1. The Morgan fingerprint density at radius 2 is 1.69 bits per heavy atom. The Morgan fingerprint density at radius 3 is 2.31 bits per heavy atom. The molecule has 2 aromatic carbocycles. The van der Waals surface area contributed by atoms with Gasteiger partial charge in [-0.25, -0.2) is 0 Å². The second kappa shape index (κ2) is 10.8. The van der Waals surface area contributed by atoms with Crippen molar-refractivity contribution in [3.8, 4) is 0 Å². The first-order chi connectivity index (χ1) is 14.1. The highest BCUT2D eigenvalue weighted by molar-refractivity contribution is 6.17. The first-order valence-corrected chi connectivity index (χ1v) is 11.1. The van der Waals surface area contributed by atoms with Gasteiger partial charge in [0, 0.05) is 38.5 Å². The van der Waals surface area contributed by atoms with Crippen LogP contribution in [0.15, 0.2) is 54.6 Å². The van der Waals surface area contributed by atoms with Crippen LogP contribution in [0.25, 0.3) is 0 Å². The lowest BCUT2D eigenvalue weighted by molar-refractivity contribution is -0.124. The van der Waals surface area contributed by atoms with E-state index < -0.39 is 0 Å². The van der Waals surface area contributed by atoms with E-state index in [0.717, 1.165) is 50.9 Å². The normalized spacial score (nSPS) is 16.5. The summed E-state index contributed by atoms with van der Waals surface area (Å²) in [5, 5.41) is 3.39. The van der Waals surface area contributed by atoms with Crippen molar-refractivity contribution >= 4 is 17.5 Å². The molecule has 0 aliphatic carbocycles. The van der Waals surface area contributed by atoms with Crippen molar-refractivity contribution in [2.24, 2.45) is 5.73 Å². The van der Waals surface area contributed by atoms with E-state index in [1.165, 1.54) is 11.1 Å². The zero-order valence-electron chi connectivity index (χ0n) is 17.1. The summed E-state index contributed by atoms with van der Waals surface area (Å²) in [6.45, 7) is 3.39. The molecule has 156 valence electrons. The molecule has 1 saturated heterocycles. The number of piperidine rings is 1. The first-order valence-electron chi connectivity index (χ1n) is 10.6. The van der Waals surface area contributed by atoms with Gasteiger partial charge in [-0.15, -0.1) is 11.6 Å². The van der Waals surface area contributed by atoms with Crippen LogP contribution in [0.3, 0.4) is 0 Å². The number of likely N-dealkylation sites (tertiary alicyclic amines) is 1. The molecule has 0 spiro atoms. The minimum absolute atomic E-state index is 0.120. The SMILES string of the molecule is NCc1ccc(C2(NC(=O)CCCCCl)CCN(Cc3ccccc3)CC2)cc1. The molecule has 0 radical (unpaired) electrons. The van der Waals surface area contributed by atoms with Gasteiger partial charge >= 0.3 is 0 Å². The van der Waals surface area contributed by atoms with Gasteiger partial charge in [-0.1, -0.05) is 54.6 Å². The number of benzene rings is 2. The molecular formula is C24H32ClN3O. The molecule has 0 atom stereocenters. The molecule has 0 aromatic heterocycles. The fourth-order valence-corrected chi connectivity index (χ4v) is 4.28. The van der Waals surface area contributed by atoms with E-state index in [-0.39, 0.29) is 11.4 Å². The molecule has 1 heterocycles. The van der Waals surface area contributed by atoms with Crippen molar-refractivity contribution in [3.63, 3.8) is 0 Å². The average Bonchev–Trinajstić information content (AvgIpc) is 2.76. The highest BCUT2D eigenvalue weighted by atomic mass is 35.5. The number of carbonyl (C=O) groups excluding carboxylic acids is 1. The third-order valence-corrected chi connectivity index (χ3v) is 6.13. The Kier molecular flexibility index (Phi) is 8.10. The van der Waals surface area contributed by atoms with Gasteiger partial charge in [0.05, 0.1) is 5.54 Å². The monoisotopic (exact) mass is 413 g/mol. The number of halogens is 1. The standard InChI is InChI=1S/C24H32ClN3O/c25-15-5-4-8-23(29)27-24(22-11-9-20(18-26)10-12-22)13-16-28(17-14-24)19-21-6-2-1-3-7-21/h1-3,6-7,9-12H,4-5,8,13-19,26H2,(H,27,29). The smallest absolute Gasteiger partial charge is 0.220 e. The van der Waals surface area contributed by atoms with Crippen molar-refractivity contribution in [1.29, 1.82) is 0 Å². The fourth-order valence-electron chi connectivity index (χ4n) is 4.09. The van der Waals surface area contributed by atoms with Gasteiger partial charge in [-0.2, -0.15) is 0 Å². The van der Waals surface area contributed by atoms with Crippen LogP contribution in [0.2, 0.25) is 0 Å². The number of hydrogen-bond acceptors (Lipinski definition) is 3. The molecule has 2 aromatic rings.